The van der Waals surface area contributed by atoms with E-state index in [1.54, 1.807) is 28.9 Å². The van der Waals surface area contributed by atoms with Crippen molar-refractivity contribution in [3.63, 3.8) is 0 Å². The van der Waals surface area contributed by atoms with Crippen molar-refractivity contribution in [2.24, 2.45) is 0 Å². The van der Waals surface area contributed by atoms with Gasteiger partial charge >= 0.3 is 0 Å². The molecule has 1 amide bonds. The quantitative estimate of drug-likeness (QED) is 0.508. The van der Waals surface area contributed by atoms with E-state index in [0.29, 0.717) is 29.4 Å². The van der Waals surface area contributed by atoms with Gasteiger partial charge in [0.2, 0.25) is 0 Å². The van der Waals surface area contributed by atoms with E-state index in [1.165, 1.54) is 0 Å². The van der Waals surface area contributed by atoms with Crippen molar-refractivity contribution in [1.29, 1.82) is 0 Å². The second-order valence-corrected chi connectivity index (χ2v) is 7.21. The largest absolute Gasteiger partial charge is 0.489 e. The first kappa shape index (κ1) is 20.3. The lowest BCUT2D eigenvalue weighted by Crippen LogP contribution is -2.13. The van der Waals surface area contributed by atoms with Gasteiger partial charge in [-0.2, -0.15) is 4.68 Å². The molecule has 158 valence electrons. The third-order valence-corrected chi connectivity index (χ3v) is 4.98. The molecule has 31 heavy (non-hydrogen) atoms. The molecule has 1 N–H and O–H groups in total. The molecule has 2 aromatic carbocycles. The molecule has 2 aromatic heterocycles. The van der Waals surface area contributed by atoms with Gasteiger partial charge in [0.05, 0.1) is 16.9 Å². The van der Waals surface area contributed by atoms with E-state index in [2.05, 4.69) is 26.0 Å². The molecular formula is C22H22N6O3. The topological polar surface area (TPSA) is 108 Å². The summed E-state index contributed by atoms with van der Waals surface area (Å²) in [6.45, 7) is 7.81. The highest BCUT2D eigenvalue weighted by Crippen LogP contribution is 2.22. The number of carbonyl (C=O) groups excluding carboxylic acids is 1. The average Bonchev–Trinajstić information content (AvgIpc) is 3.33. The van der Waals surface area contributed by atoms with Crippen LogP contribution in [0.15, 0.2) is 47.0 Å². The average molecular weight is 418 g/mol. The second kappa shape index (κ2) is 8.39. The third kappa shape index (κ3) is 4.30. The molecule has 0 unspecified atom stereocenters. The van der Waals surface area contributed by atoms with E-state index in [4.69, 9.17) is 9.26 Å². The molecule has 2 heterocycles. The van der Waals surface area contributed by atoms with Crippen molar-refractivity contribution in [2.75, 3.05) is 5.32 Å². The lowest BCUT2D eigenvalue weighted by molar-refractivity contribution is 0.102. The Bertz CT molecular complexity index is 1220. The third-order valence-electron chi connectivity index (χ3n) is 4.98. The molecule has 4 aromatic rings. The summed E-state index contributed by atoms with van der Waals surface area (Å²) in [7, 11) is 0. The Morgan fingerprint density at radius 3 is 2.68 bits per heavy atom. The molecule has 0 atom stereocenters. The fourth-order valence-electron chi connectivity index (χ4n) is 3.16. The van der Waals surface area contributed by atoms with E-state index in [0.717, 1.165) is 28.3 Å². The van der Waals surface area contributed by atoms with Crippen LogP contribution in [0, 0.1) is 27.7 Å². The molecule has 0 spiro atoms. The number of carbonyl (C=O) groups is 1. The number of hydrogen-bond acceptors (Lipinski definition) is 7. The van der Waals surface area contributed by atoms with Crippen molar-refractivity contribution < 1.29 is 14.1 Å². The van der Waals surface area contributed by atoms with Crippen molar-refractivity contribution in [1.82, 2.24) is 25.4 Å². The lowest BCUT2D eigenvalue weighted by atomic mass is 10.1. The van der Waals surface area contributed by atoms with Gasteiger partial charge in [0.25, 0.3) is 5.91 Å². The molecule has 0 aliphatic carbocycles. The van der Waals surface area contributed by atoms with Gasteiger partial charge in [0.15, 0.2) is 5.82 Å². The van der Waals surface area contributed by atoms with Crippen LogP contribution in [0.1, 0.15) is 38.8 Å². The number of benzene rings is 2. The highest BCUT2D eigenvalue weighted by molar-refractivity contribution is 6.04. The molecular weight excluding hydrogens is 396 g/mol. The number of ether oxygens (including phenoxy) is 1. The van der Waals surface area contributed by atoms with Crippen LogP contribution in [-0.2, 0) is 6.61 Å². The van der Waals surface area contributed by atoms with Gasteiger partial charge in [-0.1, -0.05) is 17.3 Å². The Kier molecular flexibility index (Phi) is 5.48. The van der Waals surface area contributed by atoms with E-state index in [-0.39, 0.29) is 5.91 Å². The first-order valence-electron chi connectivity index (χ1n) is 9.74. The zero-order valence-electron chi connectivity index (χ0n) is 17.7. The number of hydrogen-bond donors (Lipinski definition) is 1. The van der Waals surface area contributed by atoms with Gasteiger partial charge in [0, 0.05) is 11.3 Å². The van der Waals surface area contributed by atoms with E-state index in [9.17, 15) is 4.79 Å². The van der Waals surface area contributed by atoms with Gasteiger partial charge in [-0.25, -0.2) is 0 Å². The van der Waals surface area contributed by atoms with Gasteiger partial charge in [-0.15, -0.1) is 5.10 Å². The second-order valence-electron chi connectivity index (χ2n) is 7.21. The maximum absolute atomic E-state index is 12.8. The molecule has 9 heteroatoms. The van der Waals surface area contributed by atoms with Crippen LogP contribution in [0.5, 0.6) is 5.75 Å². The number of anilines is 1. The Hall–Kier alpha value is -4.01. The molecule has 9 nitrogen and oxygen atoms in total. The highest BCUT2D eigenvalue weighted by atomic mass is 16.5. The van der Waals surface area contributed by atoms with E-state index in [1.807, 2.05) is 45.9 Å². The van der Waals surface area contributed by atoms with Gasteiger partial charge in [-0.3, -0.25) is 4.79 Å². The van der Waals surface area contributed by atoms with Crippen LogP contribution in [-0.4, -0.2) is 31.3 Å². The lowest BCUT2D eigenvalue weighted by Gasteiger charge is -2.11. The minimum atomic E-state index is -0.244. The smallest absolute Gasteiger partial charge is 0.255 e. The van der Waals surface area contributed by atoms with Crippen LogP contribution in [0.4, 0.5) is 5.69 Å². The molecule has 0 radical (unpaired) electrons. The summed E-state index contributed by atoms with van der Waals surface area (Å²) >= 11 is 0. The van der Waals surface area contributed by atoms with Gasteiger partial charge in [0.1, 0.15) is 18.1 Å². The summed E-state index contributed by atoms with van der Waals surface area (Å²) in [6, 6.07) is 12.6. The van der Waals surface area contributed by atoms with Crippen LogP contribution >= 0.6 is 0 Å². The minimum absolute atomic E-state index is 0.244. The molecule has 0 aliphatic rings. The monoisotopic (exact) mass is 418 g/mol. The molecule has 0 saturated carbocycles. The fourth-order valence-corrected chi connectivity index (χ4v) is 3.16. The molecule has 4 rings (SSSR count). The molecule has 0 saturated heterocycles. The van der Waals surface area contributed by atoms with Crippen molar-refractivity contribution in [3.8, 4) is 11.4 Å². The summed E-state index contributed by atoms with van der Waals surface area (Å²) in [6.07, 6.45) is 0. The van der Waals surface area contributed by atoms with Crippen molar-refractivity contribution in [2.45, 2.75) is 34.3 Å². The Morgan fingerprint density at radius 1 is 1.13 bits per heavy atom. The zero-order chi connectivity index (χ0) is 22.0. The zero-order valence-corrected chi connectivity index (χ0v) is 17.7. The Balaban J connectivity index is 1.49. The SMILES string of the molecule is Cc1ccc(NC(=O)c2cccc(OCc3c(C)noc3C)c2)cc1-n1nnnc1C. The summed E-state index contributed by atoms with van der Waals surface area (Å²) in [5.74, 6) is 1.72. The van der Waals surface area contributed by atoms with Crippen molar-refractivity contribution >= 4 is 11.6 Å². The Labute approximate surface area is 179 Å². The summed E-state index contributed by atoms with van der Waals surface area (Å²) in [4.78, 5) is 12.8. The summed E-state index contributed by atoms with van der Waals surface area (Å²) in [5.41, 5.74) is 4.61. The van der Waals surface area contributed by atoms with Crippen LogP contribution in [0.3, 0.4) is 0 Å². The van der Waals surface area contributed by atoms with Crippen LogP contribution in [0.2, 0.25) is 0 Å². The number of nitrogens with one attached hydrogen (secondary N) is 1. The summed E-state index contributed by atoms with van der Waals surface area (Å²) in [5, 5.41) is 18.5. The highest BCUT2D eigenvalue weighted by Gasteiger charge is 2.13. The standard InChI is InChI=1S/C22H22N6O3/c1-13-8-9-18(11-21(13)28-16(4)24-26-27-28)23-22(29)17-6-5-7-19(10-17)30-12-20-14(2)25-31-15(20)3/h5-11H,12H2,1-4H3,(H,23,29). The maximum Gasteiger partial charge on any atom is 0.255 e. The molecule has 0 fully saturated rings. The number of nitrogens with zero attached hydrogens (tertiary/aromatic N) is 5. The number of aromatic nitrogens is 5. The fraction of sp³-hybridized carbons (Fsp3) is 0.227. The van der Waals surface area contributed by atoms with Crippen molar-refractivity contribution in [3.05, 3.63) is 76.4 Å². The van der Waals surface area contributed by atoms with Crippen LogP contribution < -0.4 is 10.1 Å². The number of aryl methyl sites for hydroxylation is 4. The van der Waals surface area contributed by atoms with Crippen LogP contribution in [0.25, 0.3) is 5.69 Å². The Morgan fingerprint density at radius 2 is 1.97 bits per heavy atom. The first-order chi connectivity index (χ1) is 14.9. The van der Waals surface area contributed by atoms with E-state index >= 15 is 0 Å². The predicted molar refractivity (Wildman–Crippen MR) is 113 cm³/mol. The van der Waals surface area contributed by atoms with Gasteiger partial charge in [-0.05, 0) is 74.0 Å². The first-order valence-corrected chi connectivity index (χ1v) is 9.74. The summed E-state index contributed by atoms with van der Waals surface area (Å²) < 4.78 is 12.6. The van der Waals surface area contributed by atoms with Gasteiger partial charge < -0.3 is 14.6 Å². The number of tetrazole rings is 1. The van der Waals surface area contributed by atoms with E-state index < -0.39 is 0 Å². The molecule has 0 aliphatic heterocycles. The minimum Gasteiger partial charge on any atom is -0.489 e. The maximum atomic E-state index is 12.8. The molecule has 0 bridgehead atoms. The predicted octanol–water partition coefficient (Wildman–Crippen LogP) is 3.72. The normalized spacial score (nSPS) is 10.8. The number of amides is 1. The number of rotatable bonds is 6.